The third kappa shape index (κ3) is 1.37. The maximum atomic E-state index is 6.20. The summed E-state index contributed by atoms with van der Waals surface area (Å²) < 4.78 is 0. The van der Waals surface area contributed by atoms with Gasteiger partial charge >= 0.3 is 0 Å². The van der Waals surface area contributed by atoms with Crippen LogP contribution in [0.1, 0.15) is 31.4 Å². The highest BCUT2D eigenvalue weighted by atomic mass is 14.8. The number of hydrogen-bond acceptors (Lipinski definition) is 1. The van der Waals surface area contributed by atoms with Gasteiger partial charge in [-0.3, -0.25) is 0 Å². The molecular formula is C12H17N. The first-order valence-corrected chi connectivity index (χ1v) is 5.05. The quantitative estimate of drug-likeness (QED) is 0.734. The molecule has 2 rings (SSSR count). The maximum absolute atomic E-state index is 6.20. The van der Waals surface area contributed by atoms with Crippen LogP contribution in [0.25, 0.3) is 0 Å². The lowest BCUT2D eigenvalue weighted by atomic mass is 10.0. The van der Waals surface area contributed by atoms with Crippen LogP contribution >= 0.6 is 0 Å². The largest absolute Gasteiger partial charge is 0.321 e. The molecule has 0 amide bonds. The molecule has 2 atom stereocenters. The van der Waals surface area contributed by atoms with Crippen molar-refractivity contribution in [3.8, 4) is 0 Å². The van der Waals surface area contributed by atoms with Crippen LogP contribution in [0.2, 0.25) is 0 Å². The van der Waals surface area contributed by atoms with E-state index in [4.69, 9.17) is 5.73 Å². The van der Waals surface area contributed by atoms with Crippen LogP contribution in [-0.4, -0.2) is 0 Å². The van der Waals surface area contributed by atoms with E-state index < -0.39 is 0 Å². The van der Waals surface area contributed by atoms with Crippen LogP contribution in [0, 0.1) is 5.92 Å². The SMILES string of the molecule is CCc1ccc(C2(N)CC2C)cc1. The van der Waals surface area contributed by atoms with Gasteiger partial charge in [0, 0.05) is 5.54 Å². The van der Waals surface area contributed by atoms with Crippen molar-refractivity contribution in [2.45, 2.75) is 32.2 Å². The first kappa shape index (κ1) is 8.76. The molecule has 1 aliphatic carbocycles. The van der Waals surface area contributed by atoms with Crippen LogP contribution in [0.15, 0.2) is 24.3 Å². The van der Waals surface area contributed by atoms with Crippen LogP contribution in [-0.2, 0) is 12.0 Å². The Morgan fingerprint density at radius 2 is 1.92 bits per heavy atom. The van der Waals surface area contributed by atoms with Gasteiger partial charge in [0.05, 0.1) is 0 Å². The molecule has 0 saturated heterocycles. The summed E-state index contributed by atoms with van der Waals surface area (Å²) in [4.78, 5) is 0. The fourth-order valence-electron chi connectivity index (χ4n) is 1.90. The Morgan fingerprint density at radius 3 is 2.31 bits per heavy atom. The number of nitrogens with two attached hydrogens (primary N) is 1. The van der Waals surface area contributed by atoms with Gasteiger partial charge in [0.2, 0.25) is 0 Å². The summed E-state index contributed by atoms with van der Waals surface area (Å²) in [6.07, 6.45) is 2.24. The summed E-state index contributed by atoms with van der Waals surface area (Å²) in [5.41, 5.74) is 8.89. The molecule has 1 aromatic rings. The zero-order chi connectivity index (χ0) is 9.47. The number of hydrogen-bond donors (Lipinski definition) is 1. The van der Waals surface area contributed by atoms with Crippen molar-refractivity contribution in [3.63, 3.8) is 0 Å². The van der Waals surface area contributed by atoms with E-state index in [1.165, 1.54) is 11.1 Å². The van der Waals surface area contributed by atoms with Gasteiger partial charge < -0.3 is 5.73 Å². The van der Waals surface area contributed by atoms with E-state index in [-0.39, 0.29) is 5.54 Å². The highest BCUT2D eigenvalue weighted by molar-refractivity contribution is 5.33. The number of aryl methyl sites for hydroxylation is 1. The van der Waals surface area contributed by atoms with Crippen LogP contribution in [0.5, 0.6) is 0 Å². The minimum atomic E-state index is -0.00767. The first-order valence-electron chi connectivity index (χ1n) is 5.05. The molecule has 1 aromatic carbocycles. The summed E-state index contributed by atoms with van der Waals surface area (Å²) in [5, 5.41) is 0. The number of rotatable bonds is 2. The second-order valence-electron chi connectivity index (χ2n) is 4.20. The highest BCUT2D eigenvalue weighted by Gasteiger charge is 2.48. The van der Waals surface area contributed by atoms with Crippen molar-refractivity contribution in [3.05, 3.63) is 35.4 Å². The maximum Gasteiger partial charge on any atom is 0.0439 e. The standard InChI is InChI=1S/C12H17N/c1-3-10-4-6-11(7-5-10)12(13)8-9(12)2/h4-7,9H,3,8,13H2,1-2H3. The normalized spacial score (nSPS) is 31.8. The third-order valence-electron chi connectivity index (χ3n) is 3.26. The molecule has 0 heterocycles. The summed E-state index contributed by atoms with van der Waals surface area (Å²) in [5.74, 6) is 0.653. The first-order chi connectivity index (χ1) is 6.16. The van der Waals surface area contributed by atoms with E-state index in [0.717, 1.165) is 12.8 Å². The lowest BCUT2D eigenvalue weighted by Crippen LogP contribution is -2.21. The topological polar surface area (TPSA) is 26.0 Å². The molecule has 2 unspecified atom stereocenters. The summed E-state index contributed by atoms with van der Waals surface area (Å²) >= 11 is 0. The second-order valence-corrected chi connectivity index (χ2v) is 4.20. The van der Waals surface area contributed by atoms with Crippen molar-refractivity contribution < 1.29 is 0 Å². The minimum Gasteiger partial charge on any atom is -0.321 e. The highest BCUT2D eigenvalue weighted by Crippen LogP contribution is 2.48. The Hall–Kier alpha value is -0.820. The molecule has 70 valence electrons. The molecular weight excluding hydrogens is 158 g/mol. The second kappa shape index (κ2) is 2.85. The Labute approximate surface area is 80.0 Å². The zero-order valence-electron chi connectivity index (χ0n) is 8.38. The molecule has 0 aromatic heterocycles. The van der Waals surface area contributed by atoms with E-state index in [2.05, 4.69) is 38.1 Å². The van der Waals surface area contributed by atoms with E-state index in [1.54, 1.807) is 0 Å². The fourth-order valence-corrected chi connectivity index (χ4v) is 1.90. The van der Waals surface area contributed by atoms with E-state index in [1.807, 2.05) is 0 Å². The molecule has 1 nitrogen and oxygen atoms in total. The van der Waals surface area contributed by atoms with Crippen LogP contribution in [0.4, 0.5) is 0 Å². The van der Waals surface area contributed by atoms with Gasteiger partial charge in [-0.25, -0.2) is 0 Å². The predicted octanol–water partition coefficient (Wildman–Crippen LogP) is 2.44. The van der Waals surface area contributed by atoms with Crippen molar-refractivity contribution in [2.24, 2.45) is 11.7 Å². The van der Waals surface area contributed by atoms with Crippen LogP contribution < -0.4 is 5.73 Å². The Morgan fingerprint density at radius 1 is 1.38 bits per heavy atom. The molecule has 1 aliphatic rings. The molecule has 1 fully saturated rings. The van der Waals surface area contributed by atoms with Crippen molar-refractivity contribution in [1.82, 2.24) is 0 Å². The number of benzene rings is 1. The predicted molar refractivity (Wildman–Crippen MR) is 55.5 cm³/mol. The van der Waals surface area contributed by atoms with Gasteiger partial charge in [-0.1, -0.05) is 38.1 Å². The Bertz CT molecular complexity index is 301. The van der Waals surface area contributed by atoms with Crippen molar-refractivity contribution >= 4 is 0 Å². The lowest BCUT2D eigenvalue weighted by molar-refractivity contribution is 0.664. The average Bonchev–Trinajstić information content (AvgIpc) is 2.76. The molecule has 0 bridgehead atoms. The fraction of sp³-hybridized carbons (Fsp3) is 0.500. The van der Waals surface area contributed by atoms with Gasteiger partial charge in [0.25, 0.3) is 0 Å². The Kier molecular flexibility index (Phi) is 1.92. The smallest absolute Gasteiger partial charge is 0.0439 e. The van der Waals surface area contributed by atoms with E-state index >= 15 is 0 Å². The minimum absolute atomic E-state index is 0.00767. The molecule has 1 heteroatoms. The molecule has 1 saturated carbocycles. The molecule has 0 radical (unpaired) electrons. The van der Waals surface area contributed by atoms with E-state index in [0.29, 0.717) is 5.92 Å². The van der Waals surface area contributed by atoms with Crippen molar-refractivity contribution in [2.75, 3.05) is 0 Å². The van der Waals surface area contributed by atoms with Crippen molar-refractivity contribution in [1.29, 1.82) is 0 Å². The molecule has 0 aliphatic heterocycles. The van der Waals surface area contributed by atoms with Gasteiger partial charge in [0.1, 0.15) is 0 Å². The molecule has 0 spiro atoms. The van der Waals surface area contributed by atoms with Gasteiger partial charge in [0.15, 0.2) is 0 Å². The van der Waals surface area contributed by atoms with Crippen LogP contribution in [0.3, 0.4) is 0 Å². The zero-order valence-corrected chi connectivity index (χ0v) is 8.38. The monoisotopic (exact) mass is 175 g/mol. The summed E-state index contributed by atoms with van der Waals surface area (Å²) in [6, 6.07) is 8.74. The summed E-state index contributed by atoms with van der Waals surface area (Å²) in [7, 11) is 0. The Balaban J connectivity index is 2.24. The van der Waals surface area contributed by atoms with Gasteiger partial charge in [-0.2, -0.15) is 0 Å². The van der Waals surface area contributed by atoms with E-state index in [9.17, 15) is 0 Å². The summed E-state index contributed by atoms with van der Waals surface area (Å²) in [6.45, 7) is 4.39. The molecule has 13 heavy (non-hydrogen) atoms. The average molecular weight is 175 g/mol. The van der Waals surface area contributed by atoms with Gasteiger partial charge in [-0.15, -0.1) is 0 Å². The lowest BCUT2D eigenvalue weighted by Gasteiger charge is -2.10. The molecule has 2 N–H and O–H groups in total. The van der Waals surface area contributed by atoms with Gasteiger partial charge in [-0.05, 0) is 29.9 Å². The third-order valence-corrected chi connectivity index (χ3v) is 3.26.